The molecule has 0 aliphatic carbocycles. The van der Waals surface area contributed by atoms with Gasteiger partial charge in [-0.15, -0.1) is 23.5 Å². The summed E-state index contributed by atoms with van der Waals surface area (Å²) < 4.78 is 16.8. The van der Waals surface area contributed by atoms with Crippen molar-refractivity contribution in [2.24, 2.45) is 0 Å². The topological polar surface area (TPSA) is 23.4 Å². The SMILES string of the molecule is CCCCCCCCCCCCCCCCOc1c(OCCCCCCCCCCCCCCCC)c(CSc2ccccc2)n(CCCCCCCCCCCCCCCC)c1CSc1ccccc1. The molecule has 1 aromatic heterocycles. The summed E-state index contributed by atoms with van der Waals surface area (Å²) in [6, 6.07) is 22.0. The van der Waals surface area contributed by atoms with Crippen molar-refractivity contribution in [2.45, 2.75) is 318 Å². The van der Waals surface area contributed by atoms with Gasteiger partial charge in [0.05, 0.1) is 24.6 Å². The lowest BCUT2D eigenvalue weighted by molar-refractivity contribution is 0.258. The van der Waals surface area contributed by atoms with Crippen molar-refractivity contribution in [2.75, 3.05) is 13.2 Å². The molecule has 0 N–H and O–H groups in total. The molecule has 71 heavy (non-hydrogen) atoms. The largest absolute Gasteiger partial charge is 0.488 e. The first-order valence-corrected chi connectivity index (χ1v) is 33.1. The molecule has 0 fully saturated rings. The summed E-state index contributed by atoms with van der Waals surface area (Å²) in [6.45, 7) is 9.51. The van der Waals surface area contributed by atoms with E-state index in [4.69, 9.17) is 9.47 Å². The third kappa shape index (κ3) is 33.5. The summed E-state index contributed by atoms with van der Waals surface area (Å²) in [5.41, 5.74) is 2.66. The zero-order valence-electron chi connectivity index (χ0n) is 47.1. The minimum absolute atomic E-state index is 0.768. The predicted octanol–water partition coefficient (Wildman–Crippen LogP) is 23.3. The van der Waals surface area contributed by atoms with E-state index in [-0.39, 0.29) is 0 Å². The maximum absolute atomic E-state index is 7.07. The van der Waals surface area contributed by atoms with E-state index >= 15 is 0 Å². The van der Waals surface area contributed by atoms with Crippen LogP contribution in [0, 0.1) is 0 Å². The molecule has 0 unspecified atom stereocenters. The highest BCUT2D eigenvalue weighted by molar-refractivity contribution is 7.98. The molecule has 406 valence electrons. The Bertz CT molecular complexity index is 1460. The van der Waals surface area contributed by atoms with Crippen LogP contribution in [0.15, 0.2) is 70.5 Å². The second kappa shape index (κ2) is 47.7. The molecule has 0 atom stereocenters. The van der Waals surface area contributed by atoms with Crippen molar-refractivity contribution in [1.82, 2.24) is 4.57 Å². The molecule has 3 aromatic rings. The molecule has 0 aliphatic rings. The summed E-state index contributed by atoms with van der Waals surface area (Å²) >= 11 is 3.90. The molecule has 5 heteroatoms. The predicted molar refractivity (Wildman–Crippen MR) is 318 cm³/mol. The molecular weight excluding hydrogens is 903 g/mol. The van der Waals surface area contributed by atoms with E-state index < -0.39 is 0 Å². The van der Waals surface area contributed by atoms with Crippen LogP contribution in [0.25, 0.3) is 0 Å². The van der Waals surface area contributed by atoms with Gasteiger partial charge < -0.3 is 14.0 Å². The Morgan fingerprint density at radius 1 is 0.296 bits per heavy atom. The molecule has 1 heterocycles. The lowest BCUT2D eigenvalue weighted by Gasteiger charge is -2.14. The molecule has 0 saturated heterocycles. The van der Waals surface area contributed by atoms with Gasteiger partial charge in [0.1, 0.15) is 0 Å². The zero-order chi connectivity index (χ0) is 50.2. The summed E-state index contributed by atoms with van der Waals surface area (Å²) in [4.78, 5) is 2.64. The minimum atomic E-state index is 0.768. The Morgan fingerprint density at radius 3 is 0.803 bits per heavy atom. The van der Waals surface area contributed by atoms with Crippen molar-refractivity contribution in [3.05, 3.63) is 72.1 Å². The fourth-order valence-corrected chi connectivity index (χ4v) is 12.1. The molecule has 3 nitrogen and oxygen atoms in total. The summed E-state index contributed by atoms with van der Waals surface area (Å²) in [5, 5.41) is 0. The normalized spacial score (nSPS) is 11.5. The van der Waals surface area contributed by atoms with Crippen molar-refractivity contribution < 1.29 is 9.47 Å². The van der Waals surface area contributed by atoms with E-state index in [1.54, 1.807) is 0 Å². The first-order chi connectivity index (χ1) is 35.3. The lowest BCUT2D eigenvalue weighted by atomic mass is 10.0. The Labute approximate surface area is 450 Å². The number of nitrogens with zero attached hydrogens (tertiary/aromatic N) is 1. The quantitative estimate of drug-likeness (QED) is 0.0415. The lowest BCUT2D eigenvalue weighted by Crippen LogP contribution is -2.08. The maximum Gasteiger partial charge on any atom is 0.183 e. The molecule has 2 aromatic carbocycles. The first-order valence-electron chi connectivity index (χ1n) is 31.1. The zero-order valence-corrected chi connectivity index (χ0v) is 48.7. The van der Waals surface area contributed by atoms with Gasteiger partial charge in [0, 0.05) is 27.8 Å². The smallest absolute Gasteiger partial charge is 0.183 e. The average molecular weight is 1020 g/mol. The van der Waals surface area contributed by atoms with Crippen molar-refractivity contribution >= 4 is 23.5 Å². The van der Waals surface area contributed by atoms with Gasteiger partial charge in [-0.3, -0.25) is 0 Å². The average Bonchev–Trinajstić information content (AvgIpc) is 3.67. The van der Waals surface area contributed by atoms with Crippen LogP contribution >= 0.6 is 23.5 Å². The number of rotatable bonds is 53. The van der Waals surface area contributed by atoms with Crippen LogP contribution in [0.3, 0.4) is 0 Å². The third-order valence-electron chi connectivity index (χ3n) is 14.8. The van der Waals surface area contributed by atoms with Gasteiger partial charge in [0.2, 0.25) is 0 Å². The van der Waals surface area contributed by atoms with Crippen LogP contribution < -0.4 is 9.47 Å². The van der Waals surface area contributed by atoms with Gasteiger partial charge in [-0.25, -0.2) is 0 Å². The highest BCUT2D eigenvalue weighted by Gasteiger charge is 2.26. The van der Waals surface area contributed by atoms with Crippen LogP contribution in [-0.2, 0) is 18.1 Å². The fraction of sp³-hybridized carbons (Fsp3) is 0.758. The minimum Gasteiger partial charge on any atom is -0.488 e. The first kappa shape index (κ1) is 63.3. The van der Waals surface area contributed by atoms with E-state index in [2.05, 4.69) is 86.0 Å². The number of aromatic nitrogens is 1. The van der Waals surface area contributed by atoms with Crippen LogP contribution in [0.1, 0.15) is 302 Å². The Balaban J connectivity index is 1.65. The van der Waals surface area contributed by atoms with Crippen LogP contribution in [-0.4, -0.2) is 17.8 Å². The number of ether oxygens (including phenoxy) is 2. The number of hydrogen-bond donors (Lipinski definition) is 0. The number of unbranched alkanes of at least 4 members (excludes halogenated alkanes) is 39. The van der Waals surface area contributed by atoms with Crippen LogP contribution in [0.2, 0.25) is 0 Å². The molecule has 0 bridgehead atoms. The molecular formula is C66H113NO2S2. The van der Waals surface area contributed by atoms with Crippen molar-refractivity contribution in [3.63, 3.8) is 0 Å². The number of thioether (sulfide) groups is 2. The number of benzene rings is 2. The Hall–Kier alpha value is -1.98. The van der Waals surface area contributed by atoms with Crippen LogP contribution in [0.5, 0.6) is 11.5 Å². The van der Waals surface area contributed by atoms with Crippen molar-refractivity contribution in [1.29, 1.82) is 0 Å². The molecule has 0 saturated carbocycles. The van der Waals surface area contributed by atoms with Gasteiger partial charge in [-0.1, -0.05) is 308 Å². The van der Waals surface area contributed by atoms with Gasteiger partial charge in [-0.05, 0) is 43.5 Å². The van der Waals surface area contributed by atoms with Gasteiger partial charge in [0.15, 0.2) is 11.5 Å². The van der Waals surface area contributed by atoms with Gasteiger partial charge in [-0.2, -0.15) is 0 Å². The van der Waals surface area contributed by atoms with Crippen molar-refractivity contribution in [3.8, 4) is 11.5 Å². The second-order valence-corrected chi connectivity index (χ2v) is 23.5. The van der Waals surface area contributed by atoms with E-state index in [1.807, 2.05) is 23.5 Å². The maximum atomic E-state index is 7.07. The molecule has 0 spiro atoms. The molecule has 0 aliphatic heterocycles. The standard InChI is InChI=1S/C66H113NO2S2/c1-4-7-10-13-16-19-22-25-28-31-34-37-40-49-56-67-63(59-70-61-52-45-43-46-53-61)65(68-57-50-41-38-35-32-29-26-23-20-17-14-11-8-5-2)66(64(67)60-71-62-54-47-44-48-55-62)69-58-51-42-39-36-33-30-27-24-21-18-15-12-9-6-3/h43-48,52-55H,4-42,49-51,56-60H2,1-3H3. The highest BCUT2D eigenvalue weighted by atomic mass is 32.2. The second-order valence-electron chi connectivity index (χ2n) is 21.4. The summed E-state index contributed by atoms with van der Waals surface area (Å²) in [6.07, 6.45) is 57.7. The Morgan fingerprint density at radius 2 is 0.535 bits per heavy atom. The molecule has 0 radical (unpaired) electrons. The summed E-state index contributed by atoms with van der Waals surface area (Å²) in [7, 11) is 0. The van der Waals surface area contributed by atoms with E-state index in [9.17, 15) is 0 Å². The molecule has 3 rings (SSSR count). The van der Waals surface area contributed by atoms with E-state index in [0.29, 0.717) is 0 Å². The summed E-state index contributed by atoms with van der Waals surface area (Å²) in [5.74, 6) is 3.87. The molecule has 0 amide bonds. The third-order valence-corrected chi connectivity index (χ3v) is 16.9. The van der Waals surface area contributed by atoms with E-state index in [0.717, 1.165) is 55.6 Å². The van der Waals surface area contributed by atoms with Gasteiger partial charge >= 0.3 is 0 Å². The van der Waals surface area contributed by atoms with E-state index in [1.165, 1.54) is 278 Å². The Kier molecular flexibility index (Phi) is 42.5. The monoisotopic (exact) mass is 1020 g/mol. The number of hydrogen-bond acceptors (Lipinski definition) is 4. The fourth-order valence-electron chi connectivity index (χ4n) is 10.3. The van der Waals surface area contributed by atoms with Gasteiger partial charge in [0.25, 0.3) is 0 Å². The highest BCUT2D eigenvalue weighted by Crippen LogP contribution is 2.44. The van der Waals surface area contributed by atoms with Crippen LogP contribution in [0.4, 0.5) is 0 Å².